The van der Waals surface area contributed by atoms with Crippen LogP contribution in [-0.2, 0) is 9.53 Å². The molecule has 164 valence electrons. The maximum atomic E-state index is 12.9. The number of furan rings is 1. The van der Waals surface area contributed by atoms with Gasteiger partial charge in [0, 0.05) is 6.42 Å². The van der Waals surface area contributed by atoms with Crippen molar-refractivity contribution in [1.82, 2.24) is 5.01 Å². The van der Waals surface area contributed by atoms with Crippen LogP contribution in [-0.4, -0.2) is 36.3 Å². The molecule has 32 heavy (non-hydrogen) atoms. The minimum Gasteiger partial charge on any atom is -0.497 e. The number of esters is 1. The fourth-order valence-electron chi connectivity index (χ4n) is 3.36. The van der Waals surface area contributed by atoms with Gasteiger partial charge in [0.25, 0.3) is 5.91 Å². The Morgan fingerprint density at radius 1 is 1.09 bits per heavy atom. The quantitative estimate of drug-likeness (QED) is 0.464. The summed E-state index contributed by atoms with van der Waals surface area (Å²) in [5.74, 6) is -0.00686. The standard InChI is InChI=1S/C23H18Cl2N2O5/c1-30-15-9-7-14(8-10-15)18-12-19(20-6-3-11-31-20)27(26-18)21(28)13-32-23(29)22-16(24)4-2-5-17(22)25/h2-11,19H,12-13H2,1H3. The molecule has 0 saturated carbocycles. The predicted molar refractivity (Wildman–Crippen MR) is 119 cm³/mol. The zero-order chi connectivity index (χ0) is 22.7. The van der Waals surface area contributed by atoms with Crippen molar-refractivity contribution in [3.63, 3.8) is 0 Å². The van der Waals surface area contributed by atoms with Crippen LogP contribution in [0.5, 0.6) is 5.75 Å². The Hall–Kier alpha value is -3.29. The lowest BCUT2D eigenvalue weighted by atomic mass is 10.0. The topological polar surface area (TPSA) is 81.3 Å². The van der Waals surface area contributed by atoms with Crippen molar-refractivity contribution in [1.29, 1.82) is 0 Å². The van der Waals surface area contributed by atoms with E-state index in [4.69, 9.17) is 37.1 Å². The summed E-state index contributed by atoms with van der Waals surface area (Å²) in [6, 6.07) is 15.1. The van der Waals surface area contributed by atoms with Crippen LogP contribution in [0, 0.1) is 0 Å². The van der Waals surface area contributed by atoms with Crippen LogP contribution >= 0.6 is 23.2 Å². The molecular weight excluding hydrogens is 455 g/mol. The van der Waals surface area contributed by atoms with Gasteiger partial charge in [0.05, 0.1) is 34.7 Å². The molecule has 1 atom stereocenters. The number of ether oxygens (including phenoxy) is 2. The van der Waals surface area contributed by atoms with E-state index < -0.39 is 24.5 Å². The van der Waals surface area contributed by atoms with Crippen LogP contribution in [0.3, 0.4) is 0 Å². The van der Waals surface area contributed by atoms with Gasteiger partial charge in [-0.3, -0.25) is 4.79 Å². The van der Waals surface area contributed by atoms with E-state index in [1.807, 2.05) is 24.3 Å². The first-order valence-electron chi connectivity index (χ1n) is 9.66. The lowest BCUT2D eigenvalue weighted by Gasteiger charge is -2.19. The molecule has 2 heterocycles. The third-order valence-corrected chi connectivity index (χ3v) is 5.58. The molecule has 0 spiro atoms. The van der Waals surface area contributed by atoms with Crippen LogP contribution in [0.25, 0.3) is 0 Å². The first-order valence-corrected chi connectivity index (χ1v) is 10.4. The molecule has 0 aliphatic carbocycles. The molecule has 1 amide bonds. The Kier molecular flexibility index (Phi) is 6.48. The Bertz CT molecular complexity index is 1140. The molecule has 0 saturated heterocycles. The molecule has 0 radical (unpaired) electrons. The number of methoxy groups -OCH3 is 1. The first kappa shape index (κ1) is 21.9. The monoisotopic (exact) mass is 472 g/mol. The lowest BCUT2D eigenvalue weighted by molar-refractivity contribution is -0.136. The minimum atomic E-state index is -0.790. The molecule has 1 aliphatic heterocycles. The number of carbonyl (C=O) groups excluding carboxylic acids is 2. The average molecular weight is 473 g/mol. The van der Waals surface area contributed by atoms with Crippen molar-refractivity contribution in [3.05, 3.63) is 87.8 Å². The summed E-state index contributed by atoms with van der Waals surface area (Å²) in [7, 11) is 1.59. The number of amides is 1. The number of halogens is 2. The van der Waals surface area contributed by atoms with E-state index in [0.29, 0.717) is 23.6 Å². The Balaban J connectivity index is 1.53. The average Bonchev–Trinajstić information content (AvgIpc) is 3.47. The smallest absolute Gasteiger partial charge is 0.341 e. The number of nitrogens with zero attached hydrogens (tertiary/aromatic N) is 2. The number of hydrazone groups is 1. The van der Waals surface area contributed by atoms with Crippen molar-refractivity contribution in [2.45, 2.75) is 12.5 Å². The van der Waals surface area contributed by atoms with Gasteiger partial charge in [0.15, 0.2) is 6.61 Å². The second kappa shape index (κ2) is 9.46. The number of benzene rings is 2. The molecule has 1 unspecified atom stereocenters. The van der Waals surface area contributed by atoms with Gasteiger partial charge in [-0.2, -0.15) is 5.10 Å². The molecular formula is C23H18Cl2N2O5. The number of hydrogen-bond acceptors (Lipinski definition) is 6. The minimum absolute atomic E-state index is 0.00932. The van der Waals surface area contributed by atoms with E-state index in [9.17, 15) is 9.59 Å². The third-order valence-electron chi connectivity index (χ3n) is 4.95. The normalized spacial score (nSPS) is 15.4. The van der Waals surface area contributed by atoms with Gasteiger partial charge in [0.1, 0.15) is 17.6 Å². The summed E-state index contributed by atoms with van der Waals surface area (Å²) >= 11 is 12.1. The fourth-order valence-corrected chi connectivity index (χ4v) is 3.91. The Labute approximate surface area is 194 Å². The SMILES string of the molecule is COc1ccc(C2=NN(C(=O)COC(=O)c3c(Cl)cccc3Cl)C(c3ccco3)C2)cc1. The summed E-state index contributed by atoms with van der Waals surface area (Å²) in [5, 5.41) is 6.06. The first-order chi connectivity index (χ1) is 15.5. The van der Waals surface area contributed by atoms with Gasteiger partial charge in [-0.1, -0.05) is 29.3 Å². The van der Waals surface area contributed by atoms with Gasteiger partial charge in [-0.15, -0.1) is 0 Å². The van der Waals surface area contributed by atoms with Crippen LogP contribution in [0.15, 0.2) is 70.4 Å². The summed E-state index contributed by atoms with van der Waals surface area (Å²) in [5.41, 5.74) is 1.55. The van der Waals surface area contributed by atoms with E-state index in [1.54, 1.807) is 25.3 Å². The van der Waals surface area contributed by atoms with E-state index in [2.05, 4.69) is 5.10 Å². The molecule has 1 aromatic heterocycles. The van der Waals surface area contributed by atoms with Crippen LogP contribution < -0.4 is 4.74 Å². The second-order valence-electron chi connectivity index (χ2n) is 6.92. The van der Waals surface area contributed by atoms with Gasteiger partial charge < -0.3 is 13.9 Å². The Morgan fingerprint density at radius 3 is 2.44 bits per heavy atom. The third kappa shape index (κ3) is 4.49. The van der Waals surface area contributed by atoms with Crippen molar-refractivity contribution < 1.29 is 23.5 Å². The zero-order valence-electron chi connectivity index (χ0n) is 17.0. The number of hydrogen-bond donors (Lipinski definition) is 0. The fraction of sp³-hybridized carbons (Fsp3) is 0.174. The molecule has 0 bridgehead atoms. The molecule has 9 heteroatoms. The molecule has 4 rings (SSSR count). The van der Waals surface area contributed by atoms with Crippen LogP contribution in [0.1, 0.15) is 34.1 Å². The van der Waals surface area contributed by atoms with E-state index in [1.165, 1.54) is 23.4 Å². The van der Waals surface area contributed by atoms with Crippen molar-refractivity contribution in [2.75, 3.05) is 13.7 Å². The summed E-state index contributed by atoms with van der Waals surface area (Å²) < 4.78 is 15.9. The molecule has 0 fully saturated rings. The maximum absolute atomic E-state index is 12.9. The Morgan fingerprint density at radius 2 is 1.81 bits per heavy atom. The summed E-state index contributed by atoms with van der Waals surface area (Å²) in [4.78, 5) is 25.4. The van der Waals surface area contributed by atoms with Gasteiger partial charge >= 0.3 is 5.97 Å². The summed E-state index contributed by atoms with van der Waals surface area (Å²) in [6.07, 6.45) is 1.97. The number of rotatable bonds is 6. The van der Waals surface area contributed by atoms with Crippen LogP contribution in [0.2, 0.25) is 10.0 Å². The molecule has 0 N–H and O–H groups in total. The predicted octanol–water partition coefficient (Wildman–Crippen LogP) is 5.13. The highest BCUT2D eigenvalue weighted by Gasteiger charge is 2.35. The highest BCUT2D eigenvalue weighted by Crippen LogP contribution is 2.33. The highest BCUT2D eigenvalue weighted by molar-refractivity contribution is 6.39. The maximum Gasteiger partial charge on any atom is 0.341 e. The van der Waals surface area contributed by atoms with Gasteiger partial charge in [0.2, 0.25) is 0 Å². The van der Waals surface area contributed by atoms with Gasteiger partial charge in [-0.05, 0) is 54.1 Å². The van der Waals surface area contributed by atoms with E-state index >= 15 is 0 Å². The number of carbonyl (C=O) groups is 2. The van der Waals surface area contributed by atoms with Crippen LogP contribution in [0.4, 0.5) is 0 Å². The molecule has 3 aromatic rings. The molecule has 2 aromatic carbocycles. The lowest BCUT2D eigenvalue weighted by Crippen LogP contribution is -2.31. The van der Waals surface area contributed by atoms with Crippen molar-refractivity contribution in [3.8, 4) is 5.75 Å². The van der Waals surface area contributed by atoms with Gasteiger partial charge in [-0.25, -0.2) is 9.80 Å². The molecule has 1 aliphatic rings. The molecule has 7 nitrogen and oxygen atoms in total. The van der Waals surface area contributed by atoms with E-state index in [-0.39, 0.29) is 15.6 Å². The zero-order valence-corrected chi connectivity index (χ0v) is 18.5. The van der Waals surface area contributed by atoms with Crippen molar-refractivity contribution >= 4 is 40.8 Å². The highest BCUT2D eigenvalue weighted by atomic mass is 35.5. The second-order valence-corrected chi connectivity index (χ2v) is 7.74. The van der Waals surface area contributed by atoms with Crippen molar-refractivity contribution in [2.24, 2.45) is 5.10 Å². The largest absolute Gasteiger partial charge is 0.497 e. The van der Waals surface area contributed by atoms with E-state index in [0.717, 1.165) is 5.56 Å². The summed E-state index contributed by atoms with van der Waals surface area (Å²) in [6.45, 7) is -0.531.